The number of hydrogen-bond acceptors (Lipinski definition) is 6. The molecule has 29 heavy (non-hydrogen) atoms. The maximum Gasteiger partial charge on any atom is 0.262 e. The summed E-state index contributed by atoms with van der Waals surface area (Å²) in [6, 6.07) is 8.33. The second-order valence-corrected chi connectivity index (χ2v) is 10.6. The highest BCUT2D eigenvalue weighted by Gasteiger charge is 2.34. The van der Waals surface area contributed by atoms with Gasteiger partial charge in [-0.05, 0) is 31.0 Å². The van der Waals surface area contributed by atoms with Crippen molar-refractivity contribution < 1.29 is 8.42 Å². The van der Waals surface area contributed by atoms with Crippen LogP contribution in [-0.4, -0.2) is 53.5 Å². The topological polar surface area (TPSA) is 70.8 Å². The normalized spacial score (nSPS) is 16.2. The van der Waals surface area contributed by atoms with Crippen molar-refractivity contribution in [3.63, 3.8) is 0 Å². The Kier molecular flexibility index (Phi) is 5.39. The van der Waals surface area contributed by atoms with Crippen LogP contribution in [0.15, 0.2) is 29.3 Å². The van der Waals surface area contributed by atoms with Crippen LogP contribution >= 0.6 is 11.3 Å². The molecule has 0 saturated carbocycles. The van der Waals surface area contributed by atoms with Crippen molar-refractivity contribution in [3.8, 4) is 0 Å². The number of piperazine rings is 1. The van der Waals surface area contributed by atoms with Crippen LogP contribution in [0.4, 0.5) is 5.69 Å². The number of anilines is 1. The summed E-state index contributed by atoms with van der Waals surface area (Å²) in [4.78, 5) is 7.47. The van der Waals surface area contributed by atoms with Gasteiger partial charge >= 0.3 is 0 Å². The van der Waals surface area contributed by atoms with Gasteiger partial charge in [-0.25, -0.2) is 13.4 Å². The average Bonchev–Trinajstić information content (AvgIpc) is 3.25. The van der Waals surface area contributed by atoms with Crippen molar-refractivity contribution in [3.05, 3.63) is 40.5 Å². The molecule has 1 saturated heterocycles. The number of nitrogens with zero attached hydrogens (tertiary/aromatic N) is 5. The molecule has 1 aliphatic rings. The Hall–Kier alpha value is -1.97. The van der Waals surface area contributed by atoms with Gasteiger partial charge in [-0.2, -0.15) is 13.9 Å². The van der Waals surface area contributed by atoms with Crippen molar-refractivity contribution in [1.29, 1.82) is 0 Å². The first-order chi connectivity index (χ1) is 13.8. The van der Waals surface area contributed by atoms with E-state index < -0.39 is 10.0 Å². The van der Waals surface area contributed by atoms with Crippen LogP contribution in [0.5, 0.6) is 0 Å². The zero-order chi connectivity index (χ0) is 20.8. The lowest BCUT2D eigenvalue weighted by atomic mass is 10.2. The van der Waals surface area contributed by atoms with Crippen LogP contribution in [0.25, 0.3) is 4.96 Å². The molecule has 1 aliphatic heterocycles. The average molecular weight is 434 g/mol. The predicted molar refractivity (Wildman–Crippen MR) is 116 cm³/mol. The molecule has 3 aromatic rings. The highest BCUT2D eigenvalue weighted by atomic mass is 32.2. The quantitative estimate of drug-likeness (QED) is 0.617. The van der Waals surface area contributed by atoms with E-state index in [1.54, 1.807) is 8.82 Å². The standard InChI is InChI=1S/C20H27N5O2S2/c1-5-17-19(25-20(21-17)28-18(22-25)14(2)3)29(26,27)24-11-9-23(10-12-24)16-8-6-7-15(4)13-16/h6-8,13-14H,5,9-12H2,1-4H3. The molecular weight excluding hydrogens is 406 g/mol. The van der Waals surface area contributed by atoms with Crippen molar-refractivity contribution in [1.82, 2.24) is 18.9 Å². The molecule has 0 atom stereocenters. The predicted octanol–water partition coefficient (Wildman–Crippen LogP) is 3.30. The van der Waals surface area contributed by atoms with E-state index in [4.69, 9.17) is 0 Å². The first-order valence-corrected chi connectivity index (χ1v) is 12.3. The molecule has 156 valence electrons. The Morgan fingerprint density at radius 3 is 2.52 bits per heavy atom. The fourth-order valence-electron chi connectivity index (χ4n) is 3.64. The first-order valence-electron chi connectivity index (χ1n) is 10.0. The SMILES string of the molecule is CCc1nc2sc(C(C)C)nn2c1S(=O)(=O)N1CCN(c2cccc(C)c2)CC1. The molecule has 0 N–H and O–H groups in total. The van der Waals surface area contributed by atoms with Crippen LogP contribution in [0, 0.1) is 6.92 Å². The van der Waals surface area contributed by atoms with E-state index in [1.807, 2.05) is 13.0 Å². The Labute approximate surface area is 176 Å². The van der Waals surface area contributed by atoms with Gasteiger partial charge in [0.15, 0.2) is 5.03 Å². The Morgan fingerprint density at radius 1 is 1.17 bits per heavy atom. The Morgan fingerprint density at radius 2 is 1.90 bits per heavy atom. The number of benzene rings is 1. The number of aromatic nitrogens is 3. The van der Waals surface area contributed by atoms with E-state index >= 15 is 0 Å². The van der Waals surface area contributed by atoms with Gasteiger partial charge in [0.2, 0.25) is 4.96 Å². The molecule has 9 heteroatoms. The molecule has 1 aromatic carbocycles. The van der Waals surface area contributed by atoms with Gasteiger partial charge in [-0.3, -0.25) is 0 Å². The monoisotopic (exact) mass is 433 g/mol. The lowest BCUT2D eigenvalue weighted by Crippen LogP contribution is -2.49. The minimum absolute atomic E-state index is 0.236. The molecule has 3 heterocycles. The first kappa shape index (κ1) is 20.3. The van der Waals surface area contributed by atoms with Crippen LogP contribution in [0.2, 0.25) is 0 Å². The third-order valence-corrected chi connectivity index (χ3v) is 8.42. The lowest BCUT2D eigenvalue weighted by Gasteiger charge is -2.35. The minimum atomic E-state index is -3.66. The summed E-state index contributed by atoms with van der Waals surface area (Å²) in [5, 5.41) is 5.71. The minimum Gasteiger partial charge on any atom is -0.369 e. The molecule has 4 rings (SSSR count). The van der Waals surface area contributed by atoms with E-state index in [9.17, 15) is 8.42 Å². The van der Waals surface area contributed by atoms with Crippen molar-refractivity contribution in [2.45, 2.75) is 45.1 Å². The molecule has 2 aromatic heterocycles. The second-order valence-electron chi connectivity index (χ2n) is 7.74. The van der Waals surface area contributed by atoms with E-state index in [-0.39, 0.29) is 10.9 Å². The highest BCUT2D eigenvalue weighted by Crippen LogP contribution is 2.29. The van der Waals surface area contributed by atoms with Gasteiger partial charge in [0.1, 0.15) is 5.01 Å². The maximum atomic E-state index is 13.5. The fraction of sp³-hybridized carbons (Fsp3) is 0.500. The van der Waals surface area contributed by atoms with Crippen LogP contribution < -0.4 is 4.90 Å². The number of aryl methyl sites for hydroxylation is 2. The van der Waals surface area contributed by atoms with Crippen LogP contribution in [0.3, 0.4) is 0 Å². The van der Waals surface area contributed by atoms with E-state index in [0.717, 1.165) is 10.7 Å². The molecule has 0 bridgehead atoms. The number of imidazole rings is 1. The molecular formula is C20H27N5O2S2. The molecule has 0 unspecified atom stereocenters. The molecule has 0 aliphatic carbocycles. The Balaban J connectivity index is 1.62. The van der Waals surface area contributed by atoms with Gasteiger partial charge < -0.3 is 4.90 Å². The third-order valence-electron chi connectivity index (χ3n) is 5.26. The number of fused-ring (bicyclic) bond motifs is 1. The van der Waals surface area contributed by atoms with E-state index in [1.165, 1.54) is 16.9 Å². The van der Waals surface area contributed by atoms with Gasteiger partial charge in [-0.15, -0.1) is 0 Å². The summed E-state index contributed by atoms with van der Waals surface area (Å²) in [5.74, 6) is 0.236. The molecule has 0 spiro atoms. The maximum absolute atomic E-state index is 13.5. The molecule has 7 nitrogen and oxygen atoms in total. The number of sulfonamides is 1. The summed E-state index contributed by atoms with van der Waals surface area (Å²) < 4.78 is 30.2. The van der Waals surface area contributed by atoms with Gasteiger partial charge in [0.25, 0.3) is 10.0 Å². The van der Waals surface area contributed by atoms with Crippen molar-refractivity contribution >= 4 is 32.0 Å². The van der Waals surface area contributed by atoms with Gasteiger partial charge in [0.05, 0.1) is 5.69 Å². The smallest absolute Gasteiger partial charge is 0.262 e. The zero-order valence-electron chi connectivity index (χ0n) is 17.3. The molecule has 0 radical (unpaired) electrons. The van der Waals surface area contributed by atoms with Crippen molar-refractivity contribution in [2.24, 2.45) is 0 Å². The van der Waals surface area contributed by atoms with Crippen molar-refractivity contribution in [2.75, 3.05) is 31.1 Å². The summed E-state index contributed by atoms with van der Waals surface area (Å²) >= 11 is 1.47. The number of rotatable bonds is 5. The highest BCUT2D eigenvalue weighted by molar-refractivity contribution is 7.89. The largest absolute Gasteiger partial charge is 0.369 e. The van der Waals surface area contributed by atoms with Crippen LogP contribution in [0.1, 0.15) is 43.0 Å². The van der Waals surface area contributed by atoms with Gasteiger partial charge in [-0.1, -0.05) is 44.2 Å². The lowest BCUT2D eigenvalue weighted by molar-refractivity contribution is 0.382. The van der Waals surface area contributed by atoms with Crippen LogP contribution in [-0.2, 0) is 16.4 Å². The Bertz CT molecular complexity index is 1130. The molecule has 0 amide bonds. The summed E-state index contributed by atoms with van der Waals surface area (Å²) in [6.45, 7) is 10.4. The summed E-state index contributed by atoms with van der Waals surface area (Å²) in [5.41, 5.74) is 2.94. The summed E-state index contributed by atoms with van der Waals surface area (Å²) in [6.07, 6.45) is 0.560. The second kappa shape index (κ2) is 7.70. The number of hydrogen-bond donors (Lipinski definition) is 0. The molecule has 1 fully saturated rings. The fourth-order valence-corrected chi connectivity index (χ4v) is 6.34. The van der Waals surface area contributed by atoms with E-state index in [2.05, 4.69) is 54.0 Å². The van der Waals surface area contributed by atoms with Gasteiger partial charge in [0, 0.05) is 37.8 Å². The summed E-state index contributed by atoms with van der Waals surface area (Å²) in [7, 11) is -3.66. The zero-order valence-corrected chi connectivity index (χ0v) is 18.9. The third kappa shape index (κ3) is 3.67. The van der Waals surface area contributed by atoms with E-state index in [0.29, 0.717) is 43.3 Å².